The van der Waals surface area contributed by atoms with Crippen molar-refractivity contribution in [2.75, 3.05) is 11.9 Å². The molecular weight excluding hydrogens is 372 g/mol. The van der Waals surface area contributed by atoms with Crippen LogP contribution in [0, 0.1) is 6.92 Å². The molecule has 0 saturated heterocycles. The van der Waals surface area contributed by atoms with Crippen LogP contribution in [-0.4, -0.2) is 41.2 Å². The van der Waals surface area contributed by atoms with Gasteiger partial charge in [-0.15, -0.1) is 0 Å². The number of fused-ring (bicyclic) bond motifs is 1. The predicted octanol–water partition coefficient (Wildman–Crippen LogP) is 2.72. The van der Waals surface area contributed by atoms with Crippen molar-refractivity contribution in [3.05, 3.63) is 64.7 Å². The molecule has 1 aliphatic rings. The van der Waals surface area contributed by atoms with Crippen LogP contribution in [0.15, 0.2) is 42.5 Å². The van der Waals surface area contributed by atoms with Crippen LogP contribution in [0.2, 0.25) is 0 Å². The second-order valence-electron chi connectivity index (χ2n) is 6.91. The fraction of sp³-hybridized carbons (Fsp3) is 0.273. The van der Waals surface area contributed by atoms with Crippen LogP contribution in [-0.2, 0) is 20.7 Å². The predicted molar refractivity (Wildman–Crippen MR) is 107 cm³/mol. The maximum Gasteiger partial charge on any atom is 0.329 e. The fourth-order valence-electron chi connectivity index (χ4n) is 3.11. The molecule has 0 spiro atoms. The van der Waals surface area contributed by atoms with Gasteiger partial charge in [0.1, 0.15) is 6.04 Å². The van der Waals surface area contributed by atoms with Crippen LogP contribution < -0.4 is 5.32 Å². The number of amides is 3. The third kappa shape index (κ3) is 4.18. The molecule has 1 aliphatic heterocycles. The largest absolute Gasteiger partial charge is 0.454 e. The smallest absolute Gasteiger partial charge is 0.329 e. The average molecular weight is 394 g/mol. The molecule has 1 heterocycles. The van der Waals surface area contributed by atoms with Gasteiger partial charge in [-0.1, -0.05) is 30.7 Å². The maximum absolute atomic E-state index is 12.6. The fourth-order valence-corrected chi connectivity index (χ4v) is 3.11. The summed E-state index contributed by atoms with van der Waals surface area (Å²) in [5, 5.41) is 2.63. The van der Waals surface area contributed by atoms with Crippen molar-refractivity contribution in [2.24, 2.45) is 0 Å². The summed E-state index contributed by atoms with van der Waals surface area (Å²) in [6.07, 6.45) is 0.890. The summed E-state index contributed by atoms with van der Waals surface area (Å²) in [4.78, 5) is 50.3. The second-order valence-corrected chi connectivity index (χ2v) is 6.91. The van der Waals surface area contributed by atoms with Crippen molar-refractivity contribution in [1.82, 2.24) is 4.90 Å². The van der Waals surface area contributed by atoms with Crippen LogP contribution in [0.5, 0.6) is 0 Å². The van der Waals surface area contributed by atoms with E-state index in [1.165, 1.54) is 6.92 Å². The van der Waals surface area contributed by atoms with Crippen molar-refractivity contribution < 1.29 is 23.9 Å². The van der Waals surface area contributed by atoms with Crippen LogP contribution in [0.1, 0.15) is 45.7 Å². The van der Waals surface area contributed by atoms with E-state index in [2.05, 4.69) is 5.32 Å². The minimum atomic E-state index is -1.14. The lowest BCUT2D eigenvalue weighted by Crippen LogP contribution is -2.44. The lowest BCUT2D eigenvalue weighted by atomic mass is 10.1. The molecule has 1 atom stereocenters. The number of benzene rings is 2. The molecule has 2 aromatic rings. The van der Waals surface area contributed by atoms with E-state index in [0.29, 0.717) is 5.69 Å². The molecule has 2 aromatic carbocycles. The summed E-state index contributed by atoms with van der Waals surface area (Å²) < 4.78 is 5.02. The van der Waals surface area contributed by atoms with Crippen LogP contribution in [0.4, 0.5) is 5.69 Å². The molecule has 3 rings (SSSR count). The van der Waals surface area contributed by atoms with Gasteiger partial charge >= 0.3 is 5.97 Å². The van der Waals surface area contributed by atoms with Crippen molar-refractivity contribution in [3.8, 4) is 0 Å². The van der Waals surface area contributed by atoms with Crippen molar-refractivity contribution >= 4 is 29.4 Å². The normalized spacial score (nSPS) is 13.8. The molecule has 7 heteroatoms. The molecule has 150 valence electrons. The summed E-state index contributed by atoms with van der Waals surface area (Å²) >= 11 is 0. The second kappa shape index (κ2) is 8.26. The van der Waals surface area contributed by atoms with E-state index in [1.807, 2.05) is 26.0 Å². The molecule has 0 aliphatic carbocycles. The number of hydrogen-bond donors (Lipinski definition) is 1. The van der Waals surface area contributed by atoms with Gasteiger partial charge in [0.15, 0.2) is 6.61 Å². The first kappa shape index (κ1) is 20.3. The number of hydrogen-bond acceptors (Lipinski definition) is 5. The maximum atomic E-state index is 12.6. The standard InChI is InChI=1S/C22H22N2O5/c1-4-15-6-8-16(9-7-15)23-19(25)12-29-22(28)14(3)24-20(26)17-10-5-13(2)11-18(17)21(24)27/h5-11,14H,4,12H2,1-3H3,(H,23,25). The van der Waals surface area contributed by atoms with Gasteiger partial charge in [-0.25, -0.2) is 4.79 Å². The SMILES string of the molecule is CCc1ccc(NC(=O)COC(=O)C(C)N2C(=O)c3ccc(C)cc3C2=O)cc1. The highest BCUT2D eigenvalue weighted by molar-refractivity contribution is 6.22. The minimum absolute atomic E-state index is 0.258. The summed E-state index contributed by atoms with van der Waals surface area (Å²) in [6.45, 7) is 4.73. The van der Waals surface area contributed by atoms with E-state index in [4.69, 9.17) is 4.74 Å². The molecule has 1 unspecified atom stereocenters. The van der Waals surface area contributed by atoms with Crippen molar-refractivity contribution in [3.63, 3.8) is 0 Å². The van der Waals surface area contributed by atoms with Gasteiger partial charge in [-0.3, -0.25) is 19.3 Å². The summed E-state index contributed by atoms with van der Waals surface area (Å²) in [5.74, 6) is -2.42. The van der Waals surface area contributed by atoms with Crippen LogP contribution in [0.25, 0.3) is 0 Å². The molecule has 0 aromatic heterocycles. The van der Waals surface area contributed by atoms with E-state index in [0.717, 1.165) is 22.4 Å². The monoisotopic (exact) mass is 394 g/mol. The summed E-state index contributed by atoms with van der Waals surface area (Å²) in [5.41, 5.74) is 3.09. The zero-order chi connectivity index (χ0) is 21.1. The molecular formula is C22H22N2O5. The van der Waals surface area contributed by atoms with E-state index < -0.39 is 36.3 Å². The van der Waals surface area contributed by atoms with Crippen LogP contribution >= 0.6 is 0 Å². The van der Waals surface area contributed by atoms with Crippen molar-refractivity contribution in [2.45, 2.75) is 33.2 Å². The number of ether oxygens (including phenoxy) is 1. The third-order valence-electron chi connectivity index (χ3n) is 4.79. The number of nitrogens with zero attached hydrogens (tertiary/aromatic N) is 1. The first-order valence-corrected chi connectivity index (χ1v) is 9.35. The third-order valence-corrected chi connectivity index (χ3v) is 4.79. The number of carbonyl (C=O) groups is 4. The molecule has 29 heavy (non-hydrogen) atoms. The van der Waals surface area contributed by atoms with Crippen molar-refractivity contribution in [1.29, 1.82) is 0 Å². The van der Waals surface area contributed by atoms with Gasteiger partial charge < -0.3 is 10.1 Å². The summed E-state index contributed by atoms with van der Waals surface area (Å²) in [7, 11) is 0. The Kier molecular flexibility index (Phi) is 5.77. The average Bonchev–Trinajstić information content (AvgIpc) is 2.95. The number of nitrogens with one attached hydrogen (secondary N) is 1. The van der Waals surface area contributed by atoms with Gasteiger partial charge in [0.05, 0.1) is 11.1 Å². The zero-order valence-electron chi connectivity index (χ0n) is 16.5. The lowest BCUT2D eigenvalue weighted by Gasteiger charge is -2.20. The van der Waals surface area contributed by atoms with Gasteiger partial charge in [0.2, 0.25) is 0 Å². The number of anilines is 1. The lowest BCUT2D eigenvalue weighted by molar-refractivity contribution is -0.150. The Morgan fingerprint density at radius 2 is 1.69 bits per heavy atom. The first-order chi connectivity index (χ1) is 13.8. The Balaban J connectivity index is 1.58. The van der Waals surface area contributed by atoms with E-state index in [-0.39, 0.29) is 11.1 Å². The molecule has 0 bridgehead atoms. The van der Waals surface area contributed by atoms with E-state index >= 15 is 0 Å². The highest BCUT2D eigenvalue weighted by Gasteiger charge is 2.41. The first-order valence-electron chi connectivity index (χ1n) is 9.35. The number of esters is 1. The molecule has 0 saturated carbocycles. The molecule has 1 N–H and O–H groups in total. The van der Waals surface area contributed by atoms with Gasteiger partial charge in [-0.05, 0) is 50.1 Å². The number of aryl methyl sites for hydroxylation is 2. The summed E-state index contributed by atoms with van der Waals surface area (Å²) in [6, 6.07) is 11.1. The van der Waals surface area contributed by atoms with Crippen LogP contribution in [0.3, 0.4) is 0 Å². The topological polar surface area (TPSA) is 92.8 Å². The van der Waals surface area contributed by atoms with Gasteiger partial charge in [0.25, 0.3) is 17.7 Å². The Morgan fingerprint density at radius 3 is 2.34 bits per heavy atom. The highest BCUT2D eigenvalue weighted by Crippen LogP contribution is 2.26. The van der Waals surface area contributed by atoms with Gasteiger partial charge in [0, 0.05) is 5.69 Å². The highest BCUT2D eigenvalue weighted by atomic mass is 16.5. The number of rotatable bonds is 6. The minimum Gasteiger partial charge on any atom is -0.454 e. The zero-order valence-corrected chi connectivity index (χ0v) is 16.5. The molecule has 0 fully saturated rings. The van der Waals surface area contributed by atoms with E-state index in [1.54, 1.807) is 30.3 Å². The van der Waals surface area contributed by atoms with Gasteiger partial charge in [-0.2, -0.15) is 0 Å². The quantitative estimate of drug-likeness (QED) is 0.601. The van der Waals surface area contributed by atoms with E-state index in [9.17, 15) is 19.2 Å². The molecule has 0 radical (unpaired) electrons. The Morgan fingerprint density at radius 1 is 1.03 bits per heavy atom. The Labute approximate surface area is 168 Å². The molecule has 3 amide bonds. The molecule has 7 nitrogen and oxygen atoms in total. The Hall–Kier alpha value is -3.48. The number of carbonyl (C=O) groups excluding carboxylic acids is 4. The Bertz CT molecular complexity index is 981. The number of imide groups is 1.